The largest absolute Gasteiger partial charge is 0.497 e. The zero-order chi connectivity index (χ0) is 16.8. The van der Waals surface area contributed by atoms with Gasteiger partial charge >= 0.3 is 5.97 Å². The summed E-state index contributed by atoms with van der Waals surface area (Å²) >= 11 is 0. The molecule has 0 bridgehead atoms. The summed E-state index contributed by atoms with van der Waals surface area (Å²) in [7, 11) is 1.59. The van der Waals surface area contributed by atoms with E-state index in [0.717, 1.165) is 11.3 Å². The van der Waals surface area contributed by atoms with Gasteiger partial charge in [0.1, 0.15) is 5.75 Å². The lowest BCUT2D eigenvalue weighted by molar-refractivity contribution is -0.129. The molecule has 0 saturated heterocycles. The van der Waals surface area contributed by atoms with Gasteiger partial charge in [-0.1, -0.05) is 17.3 Å². The number of hydrogen-bond donors (Lipinski definition) is 1. The number of nitrogens with zero attached hydrogens (tertiary/aromatic N) is 1. The van der Waals surface area contributed by atoms with Crippen molar-refractivity contribution in [3.8, 4) is 5.75 Å². The van der Waals surface area contributed by atoms with E-state index < -0.39 is 18.0 Å². The van der Waals surface area contributed by atoms with Crippen molar-refractivity contribution < 1.29 is 23.6 Å². The van der Waals surface area contributed by atoms with Crippen molar-refractivity contribution >= 4 is 11.9 Å². The number of esters is 1. The third-order valence-electron chi connectivity index (χ3n) is 3.11. The van der Waals surface area contributed by atoms with Crippen LogP contribution in [0.15, 0.2) is 34.9 Å². The van der Waals surface area contributed by atoms with E-state index in [9.17, 15) is 9.59 Å². The van der Waals surface area contributed by atoms with Crippen LogP contribution >= 0.6 is 0 Å². The summed E-state index contributed by atoms with van der Waals surface area (Å²) < 4.78 is 14.9. The first-order valence-electron chi connectivity index (χ1n) is 7.04. The van der Waals surface area contributed by atoms with E-state index in [0.29, 0.717) is 12.2 Å². The Kier molecular flexibility index (Phi) is 5.35. The number of aromatic nitrogens is 1. The fourth-order valence-electron chi connectivity index (χ4n) is 1.81. The maximum Gasteiger partial charge on any atom is 0.377 e. The van der Waals surface area contributed by atoms with Crippen molar-refractivity contribution in [2.45, 2.75) is 26.5 Å². The second kappa shape index (κ2) is 7.44. The first-order valence-corrected chi connectivity index (χ1v) is 7.04. The van der Waals surface area contributed by atoms with Crippen LogP contribution < -0.4 is 10.1 Å². The Labute approximate surface area is 133 Å². The van der Waals surface area contributed by atoms with Crippen molar-refractivity contribution in [3.63, 3.8) is 0 Å². The molecule has 7 nitrogen and oxygen atoms in total. The van der Waals surface area contributed by atoms with Gasteiger partial charge in [-0.3, -0.25) is 4.79 Å². The van der Waals surface area contributed by atoms with Crippen molar-refractivity contribution in [1.82, 2.24) is 10.5 Å². The number of carbonyl (C=O) groups is 2. The molecule has 1 aromatic heterocycles. The second-order valence-electron chi connectivity index (χ2n) is 4.95. The Hall–Kier alpha value is -2.83. The van der Waals surface area contributed by atoms with E-state index >= 15 is 0 Å². The van der Waals surface area contributed by atoms with E-state index in [1.807, 2.05) is 12.1 Å². The van der Waals surface area contributed by atoms with Gasteiger partial charge in [0.25, 0.3) is 5.91 Å². The van der Waals surface area contributed by atoms with Crippen molar-refractivity contribution in [3.05, 3.63) is 47.3 Å². The molecule has 1 aromatic carbocycles. The highest BCUT2D eigenvalue weighted by atomic mass is 16.6. The van der Waals surface area contributed by atoms with E-state index in [1.165, 1.54) is 13.0 Å². The normalized spacial score (nSPS) is 11.6. The molecule has 0 aliphatic heterocycles. The fraction of sp³-hybridized carbons (Fsp3) is 0.312. The van der Waals surface area contributed by atoms with Gasteiger partial charge in [-0.15, -0.1) is 0 Å². The second-order valence-corrected chi connectivity index (χ2v) is 4.95. The molecule has 0 aliphatic rings. The fourth-order valence-corrected chi connectivity index (χ4v) is 1.81. The van der Waals surface area contributed by atoms with Gasteiger partial charge in [-0.25, -0.2) is 4.79 Å². The molecule has 0 spiro atoms. The molecule has 122 valence electrons. The van der Waals surface area contributed by atoms with Gasteiger partial charge in [-0.2, -0.15) is 0 Å². The van der Waals surface area contributed by atoms with Gasteiger partial charge in [-0.05, 0) is 31.5 Å². The van der Waals surface area contributed by atoms with E-state index in [1.54, 1.807) is 26.2 Å². The number of carbonyl (C=O) groups excluding carboxylic acids is 2. The maximum absolute atomic E-state index is 12.0. The molecule has 7 heteroatoms. The molecule has 1 atom stereocenters. The number of nitrogens with one attached hydrogen (secondary N) is 1. The molecule has 0 fully saturated rings. The molecule has 23 heavy (non-hydrogen) atoms. The number of methoxy groups -OCH3 is 1. The highest BCUT2D eigenvalue weighted by Gasteiger charge is 2.21. The van der Waals surface area contributed by atoms with Gasteiger partial charge < -0.3 is 19.3 Å². The number of hydrogen-bond acceptors (Lipinski definition) is 6. The van der Waals surface area contributed by atoms with Gasteiger partial charge in [0.2, 0.25) is 5.76 Å². The Morgan fingerprint density at radius 3 is 2.57 bits per heavy atom. The van der Waals surface area contributed by atoms with Crippen LogP contribution in [0, 0.1) is 6.92 Å². The van der Waals surface area contributed by atoms with Gasteiger partial charge in [0, 0.05) is 12.6 Å². The number of benzene rings is 1. The van der Waals surface area contributed by atoms with Gasteiger partial charge in [0.15, 0.2) is 6.10 Å². The summed E-state index contributed by atoms with van der Waals surface area (Å²) in [5.41, 5.74) is 1.47. The highest BCUT2D eigenvalue weighted by molar-refractivity contribution is 5.89. The monoisotopic (exact) mass is 318 g/mol. The Morgan fingerprint density at radius 1 is 1.30 bits per heavy atom. The lowest BCUT2D eigenvalue weighted by atomic mass is 10.2. The predicted octanol–water partition coefficient (Wildman–Crippen LogP) is 1.85. The Morgan fingerprint density at radius 2 is 2.00 bits per heavy atom. The molecule has 1 amide bonds. The van der Waals surface area contributed by atoms with E-state index in [-0.39, 0.29) is 5.76 Å². The molecule has 0 radical (unpaired) electrons. The number of ether oxygens (including phenoxy) is 2. The van der Waals surface area contributed by atoms with Crippen LogP contribution in [0.4, 0.5) is 0 Å². The lowest BCUT2D eigenvalue weighted by Gasteiger charge is -2.12. The topological polar surface area (TPSA) is 90.7 Å². The molecular formula is C16H18N2O5. The van der Waals surface area contributed by atoms with Crippen molar-refractivity contribution in [2.24, 2.45) is 0 Å². The summed E-state index contributed by atoms with van der Waals surface area (Å²) in [5.74, 6) is -0.412. The molecular weight excluding hydrogens is 300 g/mol. The lowest BCUT2D eigenvalue weighted by Crippen LogP contribution is -2.35. The van der Waals surface area contributed by atoms with Crippen LogP contribution in [0.5, 0.6) is 5.75 Å². The minimum Gasteiger partial charge on any atom is -0.497 e. The smallest absolute Gasteiger partial charge is 0.377 e. The summed E-state index contributed by atoms with van der Waals surface area (Å²) in [6, 6.07) is 8.73. The Balaban J connectivity index is 1.83. The van der Waals surface area contributed by atoms with Crippen molar-refractivity contribution in [2.75, 3.05) is 7.11 Å². The zero-order valence-corrected chi connectivity index (χ0v) is 13.2. The average Bonchev–Trinajstić information content (AvgIpc) is 2.99. The number of amides is 1. The summed E-state index contributed by atoms with van der Waals surface area (Å²) in [5, 5.41) is 6.29. The maximum atomic E-state index is 12.0. The van der Waals surface area contributed by atoms with Crippen LogP contribution in [0.1, 0.15) is 28.7 Å². The quantitative estimate of drug-likeness (QED) is 0.817. The van der Waals surface area contributed by atoms with Crippen LogP contribution in [0.25, 0.3) is 0 Å². The molecule has 2 aromatic rings. The number of aryl methyl sites for hydroxylation is 1. The van der Waals surface area contributed by atoms with Crippen LogP contribution in [-0.2, 0) is 16.1 Å². The summed E-state index contributed by atoms with van der Waals surface area (Å²) in [4.78, 5) is 23.7. The molecule has 1 heterocycles. The summed E-state index contributed by atoms with van der Waals surface area (Å²) in [6.45, 7) is 3.50. The molecule has 0 aliphatic carbocycles. The molecule has 2 rings (SSSR count). The molecule has 0 saturated carbocycles. The first kappa shape index (κ1) is 16.5. The minimum atomic E-state index is -0.939. The highest BCUT2D eigenvalue weighted by Crippen LogP contribution is 2.11. The molecule has 0 unspecified atom stereocenters. The predicted molar refractivity (Wildman–Crippen MR) is 81.0 cm³/mol. The first-order chi connectivity index (χ1) is 11.0. The third kappa shape index (κ3) is 4.57. The van der Waals surface area contributed by atoms with Crippen molar-refractivity contribution in [1.29, 1.82) is 0 Å². The van der Waals surface area contributed by atoms with Crippen LogP contribution in [0.3, 0.4) is 0 Å². The van der Waals surface area contributed by atoms with Crippen LogP contribution in [-0.4, -0.2) is 30.2 Å². The minimum absolute atomic E-state index is 0.0303. The SMILES string of the molecule is COc1ccc(CNC(=O)[C@@H](C)OC(=O)c2cc(C)no2)cc1. The number of rotatable bonds is 6. The van der Waals surface area contributed by atoms with E-state index in [4.69, 9.17) is 14.0 Å². The molecule has 1 N–H and O–H groups in total. The Bertz CT molecular complexity index is 678. The standard InChI is InChI=1S/C16H18N2O5/c1-10-8-14(23-18-10)16(20)22-11(2)15(19)17-9-12-4-6-13(21-3)7-5-12/h4-8,11H,9H2,1-3H3,(H,17,19)/t11-/m1/s1. The van der Waals surface area contributed by atoms with Gasteiger partial charge in [0.05, 0.1) is 12.8 Å². The average molecular weight is 318 g/mol. The van der Waals surface area contributed by atoms with Crippen LogP contribution in [0.2, 0.25) is 0 Å². The zero-order valence-electron chi connectivity index (χ0n) is 13.2. The van der Waals surface area contributed by atoms with E-state index in [2.05, 4.69) is 10.5 Å². The third-order valence-corrected chi connectivity index (χ3v) is 3.11. The summed E-state index contributed by atoms with van der Waals surface area (Å²) in [6.07, 6.45) is -0.939.